The molecule has 0 bridgehead atoms. The minimum Gasteiger partial charge on any atom is -0.324 e. The van der Waals surface area contributed by atoms with Gasteiger partial charge in [0.1, 0.15) is 5.82 Å². The van der Waals surface area contributed by atoms with Gasteiger partial charge in [-0.1, -0.05) is 12.1 Å². The van der Waals surface area contributed by atoms with Gasteiger partial charge in [-0.25, -0.2) is 4.39 Å². The van der Waals surface area contributed by atoms with Gasteiger partial charge in [-0.05, 0) is 31.0 Å². The molecule has 0 aromatic heterocycles. The van der Waals surface area contributed by atoms with E-state index in [2.05, 4.69) is 5.32 Å². The maximum absolute atomic E-state index is 13.4. The van der Waals surface area contributed by atoms with Gasteiger partial charge >= 0.3 is 0 Å². The highest BCUT2D eigenvalue weighted by atomic mass is 19.1. The molecule has 2 rings (SSSR count). The normalized spacial score (nSPS) is 30.8. The van der Waals surface area contributed by atoms with E-state index in [1.54, 1.807) is 13.0 Å². The fraction of sp³-hybridized carbons (Fsp3) is 0.500. The molecule has 3 heteroatoms. The lowest BCUT2D eigenvalue weighted by Gasteiger charge is -2.26. The Morgan fingerprint density at radius 2 is 2.27 bits per heavy atom. The summed E-state index contributed by atoms with van der Waals surface area (Å²) in [4.78, 5) is 0. The Hall–Kier alpha value is -0.930. The lowest BCUT2D eigenvalue weighted by molar-refractivity contribution is 0.460. The first-order valence-corrected chi connectivity index (χ1v) is 5.26. The van der Waals surface area contributed by atoms with Gasteiger partial charge in [0.05, 0.1) is 0 Å². The van der Waals surface area contributed by atoms with Gasteiger partial charge in [0.25, 0.3) is 0 Å². The molecule has 3 N–H and O–H groups in total. The van der Waals surface area contributed by atoms with Crippen LogP contribution in [0.5, 0.6) is 0 Å². The van der Waals surface area contributed by atoms with Crippen LogP contribution in [0.25, 0.3) is 0 Å². The second kappa shape index (κ2) is 3.58. The first-order valence-electron chi connectivity index (χ1n) is 5.26. The predicted molar refractivity (Wildman–Crippen MR) is 59.3 cm³/mol. The van der Waals surface area contributed by atoms with E-state index in [0.29, 0.717) is 5.56 Å². The quantitative estimate of drug-likeness (QED) is 0.734. The molecule has 15 heavy (non-hydrogen) atoms. The average Bonchev–Trinajstić information content (AvgIpc) is 2.50. The van der Waals surface area contributed by atoms with Crippen molar-refractivity contribution in [1.82, 2.24) is 5.32 Å². The maximum Gasteiger partial charge on any atom is 0.126 e. The minimum atomic E-state index is -0.276. The monoisotopic (exact) mass is 208 g/mol. The highest BCUT2D eigenvalue weighted by Crippen LogP contribution is 2.30. The Bertz CT molecular complexity index is 374. The maximum atomic E-state index is 13.4. The van der Waals surface area contributed by atoms with Crippen LogP contribution in [0.15, 0.2) is 18.2 Å². The predicted octanol–water partition coefficient (Wildman–Crippen LogP) is 1.54. The zero-order valence-electron chi connectivity index (χ0n) is 9.18. The molecule has 0 unspecified atom stereocenters. The van der Waals surface area contributed by atoms with E-state index in [9.17, 15) is 4.39 Å². The van der Waals surface area contributed by atoms with E-state index in [-0.39, 0.29) is 17.3 Å². The van der Waals surface area contributed by atoms with Crippen LogP contribution < -0.4 is 11.1 Å². The van der Waals surface area contributed by atoms with Crippen molar-refractivity contribution in [3.63, 3.8) is 0 Å². The molecule has 1 saturated heterocycles. The van der Waals surface area contributed by atoms with Crippen LogP contribution in [0.2, 0.25) is 0 Å². The number of benzene rings is 1. The molecule has 2 atom stereocenters. The van der Waals surface area contributed by atoms with Gasteiger partial charge in [-0.2, -0.15) is 0 Å². The highest BCUT2D eigenvalue weighted by Gasteiger charge is 2.36. The van der Waals surface area contributed by atoms with E-state index in [0.717, 1.165) is 18.7 Å². The van der Waals surface area contributed by atoms with Gasteiger partial charge in [-0.15, -0.1) is 0 Å². The van der Waals surface area contributed by atoms with Crippen LogP contribution >= 0.6 is 0 Å². The van der Waals surface area contributed by atoms with Crippen molar-refractivity contribution in [3.8, 4) is 0 Å². The third kappa shape index (κ3) is 1.90. The van der Waals surface area contributed by atoms with Crippen molar-refractivity contribution >= 4 is 0 Å². The number of hydrogen-bond acceptors (Lipinski definition) is 2. The Morgan fingerprint density at radius 1 is 1.53 bits per heavy atom. The SMILES string of the molecule is Cc1ccc([C@@H]2CNC[C@@]2(C)N)cc1F. The topological polar surface area (TPSA) is 38.0 Å². The third-order valence-electron chi connectivity index (χ3n) is 3.25. The molecule has 0 spiro atoms. The number of aryl methyl sites for hydroxylation is 1. The van der Waals surface area contributed by atoms with E-state index in [4.69, 9.17) is 5.73 Å². The summed E-state index contributed by atoms with van der Waals surface area (Å²) in [6.45, 7) is 5.39. The molecule has 1 aliphatic heterocycles. The van der Waals surface area contributed by atoms with Gasteiger partial charge in [-0.3, -0.25) is 0 Å². The first-order chi connectivity index (χ1) is 7.00. The van der Waals surface area contributed by atoms with E-state index in [1.165, 1.54) is 0 Å². The summed E-state index contributed by atoms with van der Waals surface area (Å²) >= 11 is 0. The summed E-state index contributed by atoms with van der Waals surface area (Å²) in [5.41, 5.74) is 7.56. The van der Waals surface area contributed by atoms with Crippen molar-refractivity contribution in [2.45, 2.75) is 25.3 Å². The Labute approximate surface area is 89.7 Å². The summed E-state index contributed by atoms with van der Waals surface area (Å²) in [6, 6.07) is 5.40. The lowest BCUT2D eigenvalue weighted by atomic mass is 9.84. The fourth-order valence-corrected chi connectivity index (χ4v) is 2.17. The molecular weight excluding hydrogens is 191 g/mol. The molecule has 82 valence electrons. The van der Waals surface area contributed by atoms with Gasteiger partial charge in [0.2, 0.25) is 0 Å². The number of hydrogen-bond donors (Lipinski definition) is 2. The smallest absolute Gasteiger partial charge is 0.126 e. The number of rotatable bonds is 1. The van der Waals surface area contributed by atoms with Crippen LogP contribution in [0.4, 0.5) is 4.39 Å². The number of nitrogens with two attached hydrogens (primary N) is 1. The first kappa shape index (κ1) is 10.6. The largest absolute Gasteiger partial charge is 0.324 e. The second-order valence-electron chi connectivity index (χ2n) is 4.70. The van der Waals surface area contributed by atoms with Crippen LogP contribution in [0.1, 0.15) is 24.0 Å². The standard InChI is InChI=1S/C12H17FN2/c1-8-3-4-9(5-11(8)13)10-6-15-7-12(10,2)14/h3-5,10,15H,6-7,14H2,1-2H3/t10-,12+/m0/s1. The van der Waals surface area contributed by atoms with Crippen molar-refractivity contribution < 1.29 is 4.39 Å². The van der Waals surface area contributed by atoms with Crippen LogP contribution in [-0.2, 0) is 0 Å². The van der Waals surface area contributed by atoms with E-state index >= 15 is 0 Å². The molecule has 0 amide bonds. The third-order valence-corrected chi connectivity index (χ3v) is 3.25. The molecular formula is C12H17FN2. The summed E-state index contributed by atoms with van der Waals surface area (Å²) in [7, 11) is 0. The Kier molecular flexibility index (Phi) is 2.52. The molecule has 0 aliphatic carbocycles. The average molecular weight is 208 g/mol. The van der Waals surface area contributed by atoms with Crippen molar-refractivity contribution in [2.24, 2.45) is 5.73 Å². The number of halogens is 1. The second-order valence-corrected chi connectivity index (χ2v) is 4.70. The fourth-order valence-electron chi connectivity index (χ4n) is 2.17. The summed E-state index contributed by atoms with van der Waals surface area (Å²) in [6.07, 6.45) is 0. The van der Waals surface area contributed by atoms with Crippen LogP contribution in [-0.4, -0.2) is 18.6 Å². The molecule has 0 radical (unpaired) electrons. The van der Waals surface area contributed by atoms with Gasteiger partial charge < -0.3 is 11.1 Å². The Morgan fingerprint density at radius 3 is 2.80 bits per heavy atom. The summed E-state index contributed by atoms with van der Waals surface area (Å²) in [5, 5.41) is 3.25. The molecule has 1 fully saturated rings. The minimum absolute atomic E-state index is 0.143. The number of nitrogens with one attached hydrogen (secondary N) is 1. The van der Waals surface area contributed by atoms with E-state index in [1.807, 2.05) is 19.1 Å². The molecule has 1 aromatic carbocycles. The summed E-state index contributed by atoms with van der Waals surface area (Å²) in [5.74, 6) is 0.0581. The van der Waals surface area contributed by atoms with Crippen molar-refractivity contribution in [2.75, 3.05) is 13.1 Å². The van der Waals surface area contributed by atoms with Crippen molar-refractivity contribution in [3.05, 3.63) is 35.1 Å². The molecule has 1 heterocycles. The molecule has 0 saturated carbocycles. The Balaban J connectivity index is 2.33. The van der Waals surface area contributed by atoms with Gasteiger partial charge in [0, 0.05) is 24.5 Å². The molecule has 2 nitrogen and oxygen atoms in total. The van der Waals surface area contributed by atoms with Crippen molar-refractivity contribution in [1.29, 1.82) is 0 Å². The van der Waals surface area contributed by atoms with Crippen LogP contribution in [0, 0.1) is 12.7 Å². The van der Waals surface area contributed by atoms with Gasteiger partial charge in [0.15, 0.2) is 0 Å². The van der Waals surface area contributed by atoms with Crippen LogP contribution in [0.3, 0.4) is 0 Å². The zero-order valence-corrected chi connectivity index (χ0v) is 9.18. The highest BCUT2D eigenvalue weighted by molar-refractivity contribution is 5.30. The van der Waals surface area contributed by atoms with E-state index < -0.39 is 0 Å². The zero-order chi connectivity index (χ0) is 11.1. The molecule has 1 aromatic rings. The summed E-state index contributed by atoms with van der Waals surface area (Å²) < 4.78 is 13.4. The lowest BCUT2D eigenvalue weighted by Crippen LogP contribution is -2.42. The molecule has 1 aliphatic rings.